The first-order valence-electron chi connectivity index (χ1n) is 6.29. The van der Waals surface area contributed by atoms with E-state index in [4.69, 9.17) is 18.0 Å². The molecule has 108 valence electrons. The molecule has 21 heavy (non-hydrogen) atoms. The summed E-state index contributed by atoms with van der Waals surface area (Å²) in [5.41, 5.74) is 6.02. The van der Waals surface area contributed by atoms with E-state index in [2.05, 4.69) is 10.2 Å². The predicted molar refractivity (Wildman–Crippen MR) is 84.4 cm³/mol. The van der Waals surface area contributed by atoms with Crippen molar-refractivity contribution in [2.75, 3.05) is 11.4 Å². The molecule has 0 saturated heterocycles. The summed E-state index contributed by atoms with van der Waals surface area (Å²) in [4.78, 5) is 25.4. The maximum atomic E-state index is 12.5. The average molecular weight is 302 g/mol. The summed E-state index contributed by atoms with van der Waals surface area (Å²) in [6, 6.07) is 11.8. The van der Waals surface area contributed by atoms with Gasteiger partial charge in [-0.05, 0) is 18.2 Å². The first-order chi connectivity index (χ1) is 10.1. The van der Waals surface area contributed by atoms with Crippen LogP contribution in [0.1, 0.15) is 16.9 Å². The molecule has 0 atom stereocenters. The molecule has 1 amide bonds. The molecule has 0 aliphatic heterocycles. The molecule has 0 aliphatic rings. The molecule has 0 bridgehead atoms. The van der Waals surface area contributed by atoms with Gasteiger partial charge in [0, 0.05) is 24.7 Å². The Labute approximate surface area is 126 Å². The van der Waals surface area contributed by atoms with Crippen LogP contribution in [0.2, 0.25) is 0 Å². The van der Waals surface area contributed by atoms with Gasteiger partial charge < -0.3 is 10.6 Å². The summed E-state index contributed by atoms with van der Waals surface area (Å²) < 4.78 is 0. The maximum absolute atomic E-state index is 12.5. The lowest BCUT2D eigenvalue weighted by molar-refractivity contribution is 0.0982. The Morgan fingerprint density at radius 1 is 1.24 bits per heavy atom. The van der Waals surface area contributed by atoms with E-state index >= 15 is 0 Å². The van der Waals surface area contributed by atoms with Gasteiger partial charge in [0.05, 0.1) is 4.99 Å². The number of hydrogen-bond donors (Lipinski definition) is 2. The number of carbonyl (C=O) groups is 1. The zero-order valence-corrected chi connectivity index (χ0v) is 12.0. The van der Waals surface area contributed by atoms with Gasteiger partial charge >= 0.3 is 0 Å². The fourth-order valence-electron chi connectivity index (χ4n) is 1.78. The van der Waals surface area contributed by atoms with Crippen molar-refractivity contribution in [1.29, 1.82) is 0 Å². The minimum atomic E-state index is -0.360. The number of aromatic nitrogens is 2. The van der Waals surface area contributed by atoms with Crippen molar-refractivity contribution in [3.05, 3.63) is 58.5 Å². The molecule has 6 nitrogen and oxygen atoms in total. The van der Waals surface area contributed by atoms with E-state index in [9.17, 15) is 9.59 Å². The Bertz CT molecular complexity index is 679. The quantitative estimate of drug-likeness (QED) is 0.807. The van der Waals surface area contributed by atoms with E-state index in [1.807, 2.05) is 30.3 Å². The van der Waals surface area contributed by atoms with Crippen LogP contribution in [0, 0.1) is 0 Å². The number of benzene rings is 1. The van der Waals surface area contributed by atoms with Crippen LogP contribution in [0.4, 0.5) is 5.69 Å². The topological polar surface area (TPSA) is 92.1 Å². The monoisotopic (exact) mass is 302 g/mol. The van der Waals surface area contributed by atoms with Crippen molar-refractivity contribution in [2.45, 2.75) is 6.42 Å². The molecule has 0 spiro atoms. The summed E-state index contributed by atoms with van der Waals surface area (Å²) in [6.45, 7) is 0.346. The number of thiocarbonyl (C=S) groups is 1. The predicted octanol–water partition coefficient (Wildman–Crippen LogP) is 1.09. The van der Waals surface area contributed by atoms with Crippen molar-refractivity contribution in [3.8, 4) is 0 Å². The molecule has 0 saturated carbocycles. The van der Waals surface area contributed by atoms with Crippen molar-refractivity contribution >= 4 is 28.8 Å². The third-order valence-corrected chi connectivity index (χ3v) is 3.00. The summed E-state index contributed by atoms with van der Waals surface area (Å²) in [7, 11) is 0. The second-order valence-corrected chi connectivity index (χ2v) is 4.84. The molecule has 7 heteroatoms. The molecule has 1 heterocycles. The van der Waals surface area contributed by atoms with E-state index in [0.717, 1.165) is 0 Å². The van der Waals surface area contributed by atoms with Crippen LogP contribution in [-0.2, 0) is 0 Å². The minimum absolute atomic E-state index is 0.154. The number of aromatic amines is 1. The minimum Gasteiger partial charge on any atom is -0.393 e. The van der Waals surface area contributed by atoms with Crippen molar-refractivity contribution < 1.29 is 4.79 Å². The van der Waals surface area contributed by atoms with E-state index in [1.54, 1.807) is 0 Å². The Morgan fingerprint density at radius 3 is 2.52 bits per heavy atom. The third-order valence-electron chi connectivity index (χ3n) is 2.79. The van der Waals surface area contributed by atoms with Crippen LogP contribution in [0.25, 0.3) is 0 Å². The summed E-state index contributed by atoms with van der Waals surface area (Å²) in [5, 5.41) is 6.01. The number of nitrogens with zero attached hydrogens (tertiary/aromatic N) is 2. The lowest BCUT2D eigenvalue weighted by Crippen LogP contribution is -2.34. The molecule has 0 aliphatic carbocycles. The van der Waals surface area contributed by atoms with Gasteiger partial charge in [-0.3, -0.25) is 9.59 Å². The number of carbonyl (C=O) groups excluding carboxylic acids is 1. The highest BCUT2D eigenvalue weighted by Crippen LogP contribution is 2.16. The molecule has 0 radical (unpaired) electrons. The van der Waals surface area contributed by atoms with Crippen LogP contribution in [0.3, 0.4) is 0 Å². The highest BCUT2D eigenvalue weighted by molar-refractivity contribution is 7.80. The van der Waals surface area contributed by atoms with Gasteiger partial charge in [-0.1, -0.05) is 30.4 Å². The van der Waals surface area contributed by atoms with E-state index in [0.29, 0.717) is 23.6 Å². The first kappa shape index (κ1) is 14.9. The average Bonchev–Trinajstić information content (AvgIpc) is 2.49. The van der Waals surface area contributed by atoms with E-state index < -0.39 is 0 Å². The molecular weight excluding hydrogens is 288 g/mol. The SMILES string of the molecule is NC(=S)CCN(C(=O)c1ccc(=O)[nH]n1)c1ccccc1. The number of nitrogens with two attached hydrogens (primary N) is 1. The normalized spacial score (nSPS) is 10.1. The summed E-state index contributed by atoms with van der Waals surface area (Å²) >= 11 is 4.86. The van der Waals surface area contributed by atoms with Crippen LogP contribution in [-0.4, -0.2) is 27.6 Å². The van der Waals surface area contributed by atoms with Crippen molar-refractivity contribution in [1.82, 2.24) is 10.2 Å². The van der Waals surface area contributed by atoms with E-state index in [-0.39, 0.29) is 17.2 Å². The number of rotatable bonds is 5. The highest BCUT2D eigenvalue weighted by atomic mass is 32.1. The van der Waals surface area contributed by atoms with Gasteiger partial charge in [0.2, 0.25) is 0 Å². The molecule has 2 aromatic rings. The summed E-state index contributed by atoms with van der Waals surface area (Å²) in [5.74, 6) is -0.325. The number of hydrogen-bond acceptors (Lipinski definition) is 4. The van der Waals surface area contributed by atoms with Crippen LogP contribution in [0.15, 0.2) is 47.3 Å². The lowest BCUT2D eigenvalue weighted by atomic mass is 10.2. The smallest absolute Gasteiger partial charge is 0.278 e. The van der Waals surface area contributed by atoms with Gasteiger partial charge in [-0.25, -0.2) is 5.10 Å². The number of nitrogens with one attached hydrogen (secondary N) is 1. The van der Waals surface area contributed by atoms with Crippen molar-refractivity contribution in [3.63, 3.8) is 0 Å². The standard InChI is InChI=1S/C14H14N4O2S/c15-12(21)8-9-18(10-4-2-1-3-5-10)14(20)11-6-7-13(19)17-16-11/h1-7H,8-9H2,(H2,15,21)(H,17,19). The van der Waals surface area contributed by atoms with Crippen molar-refractivity contribution in [2.24, 2.45) is 5.73 Å². The Kier molecular flexibility index (Phi) is 4.78. The maximum Gasteiger partial charge on any atom is 0.278 e. The van der Waals surface area contributed by atoms with Gasteiger partial charge in [0.25, 0.3) is 11.5 Å². The second-order valence-electron chi connectivity index (χ2n) is 4.32. The van der Waals surface area contributed by atoms with Crippen LogP contribution >= 0.6 is 12.2 Å². The molecule has 3 N–H and O–H groups in total. The number of H-pyrrole nitrogens is 1. The molecule has 1 aromatic heterocycles. The van der Waals surface area contributed by atoms with Gasteiger partial charge in [-0.15, -0.1) is 0 Å². The fourth-order valence-corrected chi connectivity index (χ4v) is 1.87. The highest BCUT2D eigenvalue weighted by Gasteiger charge is 2.19. The van der Waals surface area contributed by atoms with Gasteiger partial charge in [0.15, 0.2) is 0 Å². The third kappa shape index (κ3) is 3.96. The fraction of sp³-hybridized carbons (Fsp3) is 0.143. The first-order valence-corrected chi connectivity index (χ1v) is 6.69. The molecule has 0 unspecified atom stereocenters. The molecular formula is C14H14N4O2S. The van der Waals surface area contributed by atoms with Gasteiger partial charge in [-0.2, -0.15) is 5.10 Å². The largest absolute Gasteiger partial charge is 0.393 e. The lowest BCUT2D eigenvalue weighted by Gasteiger charge is -2.22. The Morgan fingerprint density at radius 2 is 1.95 bits per heavy atom. The van der Waals surface area contributed by atoms with E-state index in [1.165, 1.54) is 17.0 Å². The number of anilines is 1. The van der Waals surface area contributed by atoms with Crippen LogP contribution in [0.5, 0.6) is 0 Å². The second kappa shape index (κ2) is 6.76. The zero-order chi connectivity index (χ0) is 15.2. The van der Waals surface area contributed by atoms with Gasteiger partial charge in [0.1, 0.15) is 5.69 Å². The zero-order valence-electron chi connectivity index (χ0n) is 11.2. The molecule has 2 rings (SSSR count). The summed E-state index contributed by atoms with van der Waals surface area (Å²) in [6.07, 6.45) is 0.402. The Hall–Kier alpha value is -2.54. The molecule has 0 fully saturated rings. The number of amides is 1. The Balaban J connectivity index is 2.30. The van der Waals surface area contributed by atoms with Crippen LogP contribution < -0.4 is 16.2 Å². The number of para-hydroxylation sites is 1. The molecule has 1 aromatic carbocycles.